The second-order valence-electron chi connectivity index (χ2n) is 4.02. The van der Waals surface area contributed by atoms with Crippen LogP contribution in [0.15, 0.2) is 39.5 Å². The number of aromatic nitrogens is 2. The molecule has 20 heavy (non-hydrogen) atoms. The Labute approximate surface area is 123 Å². The Morgan fingerprint density at radius 3 is 2.85 bits per heavy atom. The van der Waals surface area contributed by atoms with E-state index in [1.165, 1.54) is 0 Å². The molecule has 0 saturated carbocycles. The minimum Gasteiger partial charge on any atom is -0.347 e. The van der Waals surface area contributed by atoms with Crippen LogP contribution in [0.3, 0.4) is 0 Å². The Morgan fingerprint density at radius 1 is 1.25 bits per heavy atom. The molecule has 0 spiro atoms. The number of carbonyl (C=O) groups is 1. The third-order valence-electron chi connectivity index (χ3n) is 2.56. The van der Waals surface area contributed by atoms with E-state index in [1.54, 1.807) is 22.7 Å². The van der Waals surface area contributed by atoms with Gasteiger partial charge in [-0.2, -0.15) is 4.98 Å². The number of nitrogens with zero attached hydrogens (tertiary/aromatic N) is 2. The highest BCUT2D eigenvalue weighted by molar-refractivity contribution is 7.13. The average Bonchev–Trinajstić information content (AvgIpc) is 3.18. The molecule has 0 aliphatic rings. The van der Waals surface area contributed by atoms with E-state index < -0.39 is 0 Å². The van der Waals surface area contributed by atoms with Crippen molar-refractivity contribution in [3.05, 3.63) is 45.8 Å². The molecule has 0 aliphatic carbocycles. The minimum absolute atomic E-state index is 0.0525. The summed E-state index contributed by atoms with van der Waals surface area (Å²) < 4.78 is 5.11. The van der Waals surface area contributed by atoms with E-state index >= 15 is 0 Å². The van der Waals surface area contributed by atoms with Gasteiger partial charge in [0, 0.05) is 4.88 Å². The molecule has 0 fully saturated rings. The van der Waals surface area contributed by atoms with Crippen molar-refractivity contribution in [3.8, 4) is 10.7 Å². The Bertz CT molecular complexity index is 674. The molecule has 1 N–H and O–H groups in total. The molecule has 0 unspecified atom stereocenters. The van der Waals surface area contributed by atoms with Crippen LogP contribution in [0, 0.1) is 0 Å². The molecule has 0 aromatic carbocycles. The third kappa shape index (κ3) is 3.12. The standard InChI is InChI=1S/C13H11N3O2S2/c17-11(7-9-3-1-5-19-9)14-8-12-15-13(16-18-12)10-4-2-6-20-10/h1-6H,7-8H2,(H,14,17). The summed E-state index contributed by atoms with van der Waals surface area (Å²) in [6.07, 6.45) is 0.379. The molecular weight excluding hydrogens is 294 g/mol. The van der Waals surface area contributed by atoms with Gasteiger partial charge < -0.3 is 9.84 Å². The molecule has 3 aromatic heterocycles. The predicted molar refractivity (Wildman–Crippen MR) is 77.5 cm³/mol. The van der Waals surface area contributed by atoms with Gasteiger partial charge in [0.2, 0.25) is 17.6 Å². The second-order valence-corrected chi connectivity index (χ2v) is 6.00. The van der Waals surface area contributed by atoms with Crippen LogP contribution in [0.2, 0.25) is 0 Å². The maximum atomic E-state index is 11.7. The molecule has 0 bridgehead atoms. The van der Waals surface area contributed by atoms with Gasteiger partial charge in [-0.25, -0.2) is 0 Å². The molecule has 7 heteroatoms. The van der Waals surface area contributed by atoms with Crippen LogP contribution >= 0.6 is 22.7 Å². The number of hydrogen-bond donors (Lipinski definition) is 1. The summed E-state index contributed by atoms with van der Waals surface area (Å²) >= 11 is 3.11. The summed E-state index contributed by atoms with van der Waals surface area (Å²) in [4.78, 5) is 18.0. The normalized spacial score (nSPS) is 10.6. The molecular formula is C13H11N3O2S2. The summed E-state index contributed by atoms with van der Waals surface area (Å²) in [7, 11) is 0. The first kappa shape index (κ1) is 13.0. The number of rotatable bonds is 5. The van der Waals surface area contributed by atoms with Crippen LogP contribution in [-0.4, -0.2) is 16.0 Å². The van der Waals surface area contributed by atoms with E-state index in [1.807, 2.05) is 35.0 Å². The summed E-state index contributed by atoms with van der Waals surface area (Å²) in [5.74, 6) is 0.916. The zero-order chi connectivity index (χ0) is 13.8. The van der Waals surface area contributed by atoms with Crippen LogP contribution in [0.1, 0.15) is 10.8 Å². The van der Waals surface area contributed by atoms with Crippen molar-refractivity contribution < 1.29 is 9.32 Å². The SMILES string of the molecule is O=C(Cc1cccs1)NCc1nc(-c2cccs2)no1. The number of nitrogens with one attached hydrogen (secondary N) is 1. The van der Waals surface area contributed by atoms with Gasteiger partial charge in [-0.15, -0.1) is 22.7 Å². The first-order chi connectivity index (χ1) is 9.81. The van der Waals surface area contributed by atoms with Gasteiger partial charge in [0.15, 0.2) is 0 Å². The Hall–Kier alpha value is -1.99. The maximum Gasteiger partial charge on any atom is 0.246 e. The lowest BCUT2D eigenvalue weighted by Gasteiger charge is -1.99. The third-order valence-corrected chi connectivity index (χ3v) is 4.30. The largest absolute Gasteiger partial charge is 0.347 e. The number of amides is 1. The van der Waals surface area contributed by atoms with E-state index in [0.29, 0.717) is 18.1 Å². The quantitative estimate of drug-likeness (QED) is 0.787. The zero-order valence-electron chi connectivity index (χ0n) is 10.4. The molecule has 5 nitrogen and oxygen atoms in total. The molecule has 3 rings (SSSR count). The van der Waals surface area contributed by atoms with Crippen LogP contribution in [0.4, 0.5) is 0 Å². The molecule has 0 aliphatic heterocycles. The van der Waals surface area contributed by atoms with Crippen molar-refractivity contribution >= 4 is 28.6 Å². The lowest BCUT2D eigenvalue weighted by molar-refractivity contribution is -0.120. The van der Waals surface area contributed by atoms with Crippen LogP contribution in [0.5, 0.6) is 0 Å². The molecule has 0 radical (unpaired) electrons. The summed E-state index contributed by atoms with van der Waals surface area (Å²) in [6, 6.07) is 7.72. The molecule has 102 valence electrons. The predicted octanol–water partition coefficient (Wildman–Crippen LogP) is 2.72. The first-order valence-electron chi connectivity index (χ1n) is 5.97. The lowest BCUT2D eigenvalue weighted by atomic mass is 10.3. The van der Waals surface area contributed by atoms with Crippen molar-refractivity contribution in [2.45, 2.75) is 13.0 Å². The smallest absolute Gasteiger partial charge is 0.246 e. The van der Waals surface area contributed by atoms with E-state index in [4.69, 9.17) is 4.52 Å². The second kappa shape index (κ2) is 5.98. The van der Waals surface area contributed by atoms with E-state index in [2.05, 4.69) is 15.5 Å². The van der Waals surface area contributed by atoms with Gasteiger partial charge in [-0.05, 0) is 22.9 Å². The van der Waals surface area contributed by atoms with Gasteiger partial charge >= 0.3 is 0 Å². The van der Waals surface area contributed by atoms with Gasteiger partial charge in [-0.1, -0.05) is 17.3 Å². The molecule has 1 amide bonds. The van der Waals surface area contributed by atoms with Gasteiger partial charge in [0.25, 0.3) is 0 Å². The maximum absolute atomic E-state index is 11.7. The van der Waals surface area contributed by atoms with Crippen molar-refractivity contribution in [2.75, 3.05) is 0 Å². The number of hydrogen-bond acceptors (Lipinski definition) is 6. The highest BCUT2D eigenvalue weighted by atomic mass is 32.1. The first-order valence-corrected chi connectivity index (χ1v) is 7.73. The lowest BCUT2D eigenvalue weighted by Crippen LogP contribution is -2.24. The van der Waals surface area contributed by atoms with Crippen molar-refractivity contribution in [3.63, 3.8) is 0 Å². The highest BCUT2D eigenvalue weighted by Gasteiger charge is 2.10. The topological polar surface area (TPSA) is 68.0 Å². The summed E-state index contributed by atoms with van der Waals surface area (Å²) in [6.45, 7) is 0.253. The Kier molecular flexibility index (Phi) is 3.89. The molecule has 3 aromatic rings. The average molecular weight is 305 g/mol. The Morgan fingerprint density at radius 2 is 2.10 bits per heavy atom. The summed E-state index contributed by atoms with van der Waals surface area (Å²) in [5.41, 5.74) is 0. The zero-order valence-corrected chi connectivity index (χ0v) is 12.0. The summed E-state index contributed by atoms with van der Waals surface area (Å²) in [5, 5.41) is 10.6. The van der Waals surface area contributed by atoms with Crippen LogP contribution in [0.25, 0.3) is 10.7 Å². The fourth-order valence-electron chi connectivity index (χ4n) is 1.64. The van der Waals surface area contributed by atoms with Gasteiger partial charge in [0.1, 0.15) is 0 Å². The van der Waals surface area contributed by atoms with Gasteiger partial charge in [-0.3, -0.25) is 4.79 Å². The van der Waals surface area contributed by atoms with Crippen LogP contribution < -0.4 is 5.32 Å². The minimum atomic E-state index is -0.0525. The number of carbonyl (C=O) groups excluding carboxylic acids is 1. The van der Waals surface area contributed by atoms with Gasteiger partial charge in [0.05, 0.1) is 17.8 Å². The van der Waals surface area contributed by atoms with Crippen molar-refractivity contribution in [1.29, 1.82) is 0 Å². The monoisotopic (exact) mass is 305 g/mol. The van der Waals surface area contributed by atoms with Crippen molar-refractivity contribution in [1.82, 2.24) is 15.5 Å². The van der Waals surface area contributed by atoms with E-state index in [9.17, 15) is 4.79 Å². The highest BCUT2D eigenvalue weighted by Crippen LogP contribution is 2.21. The van der Waals surface area contributed by atoms with E-state index in [0.717, 1.165) is 9.75 Å². The fourth-order valence-corrected chi connectivity index (χ4v) is 2.99. The Balaban J connectivity index is 1.55. The van der Waals surface area contributed by atoms with Crippen LogP contribution in [-0.2, 0) is 17.8 Å². The van der Waals surface area contributed by atoms with Crippen molar-refractivity contribution in [2.24, 2.45) is 0 Å². The molecule has 0 atom stereocenters. The molecule has 0 saturated heterocycles. The molecule has 3 heterocycles. The number of thiophene rings is 2. The fraction of sp³-hybridized carbons (Fsp3) is 0.154. The van der Waals surface area contributed by atoms with E-state index in [-0.39, 0.29) is 12.5 Å².